The van der Waals surface area contributed by atoms with E-state index in [1.165, 1.54) is 0 Å². The first-order chi connectivity index (χ1) is 13.7. The van der Waals surface area contributed by atoms with Crippen molar-refractivity contribution in [2.75, 3.05) is 20.7 Å². The lowest BCUT2D eigenvalue weighted by Gasteiger charge is -2.33. The van der Waals surface area contributed by atoms with Crippen LogP contribution in [0.3, 0.4) is 0 Å². The number of carbonyl (C=O) groups excluding carboxylic acids is 3. The number of ether oxygens (including phenoxy) is 1. The Hall–Kier alpha value is -2.32. The first-order valence-corrected chi connectivity index (χ1v) is 10.2. The summed E-state index contributed by atoms with van der Waals surface area (Å²) in [7, 11) is 3.42. The van der Waals surface area contributed by atoms with E-state index in [4.69, 9.17) is 16.3 Å². The van der Waals surface area contributed by atoms with Gasteiger partial charge in [-0.3, -0.25) is 15.0 Å². The number of hydrazine groups is 1. The van der Waals surface area contributed by atoms with Gasteiger partial charge in [-0.25, -0.2) is 4.79 Å². The molecule has 1 atom stereocenters. The number of quaternary nitrogens is 1. The lowest BCUT2D eigenvalue weighted by Crippen LogP contribution is -3.09. The Balaban J connectivity index is 1.58. The molecule has 2 aliphatic rings. The van der Waals surface area contributed by atoms with Gasteiger partial charge in [0.05, 0.1) is 14.2 Å². The van der Waals surface area contributed by atoms with E-state index < -0.39 is 17.5 Å². The van der Waals surface area contributed by atoms with Crippen molar-refractivity contribution in [3.63, 3.8) is 0 Å². The molecule has 2 fully saturated rings. The van der Waals surface area contributed by atoms with E-state index in [9.17, 15) is 14.4 Å². The molecule has 0 radical (unpaired) electrons. The third-order valence-corrected chi connectivity index (χ3v) is 5.96. The highest BCUT2D eigenvalue weighted by molar-refractivity contribution is 6.30. The number of urea groups is 1. The predicted molar refractivity (Wildman–Crippen MR) is 107 cm³/mol. The second-order valence-electron chi connectivity index (χ2n) is 8.14. The molecule has 1 saturated carbocycles. The van der Waals surface area contributed by atoms with Crippen LogP contribution in [0.15, 0.2) is 18.2 Å². The zero-order valence-electron chi connectivity index (χ0n) is 17.0. The molecule has 1 aromatic rings. The summed E-state index contributed by atoms with van der Waals surface area (Å²) in [6, 6.07) is 4.76. The van der Waals surface area contributed by atoms with E-state index in [1.54, 1.807) is 25.3 Å². The maximum absolute atomic E-state index is 12.8. The molecule has 1 saturated heterocycles. The second kappa shape index (κ2) is 8.59. The SMILES string of the molecule is COc1ccc(Cl)cc1C[NH+](C)CC(=O)NN1C(=O)NC2(CCC(C)CC2)C1=O. The summed E-state index contributed by atoms with van der Waals surface area (Å²) >= 11 is 6.06. The van der Waals surface area contributed by atoms with Crippen LogP contribution in [-0.2, 0) is 16.1 Å². The largest absolute Gasteiger partial charge is 0.496 e. The van der Waals surface area contributed by atoms with Crippen molar-refractivity contribution in [1.82, 2.24) is 15.8 Å². The number of carbonyl (C=O) groups is 3. The molecule has 29 heavy (non-hydrogen) atoms. The van der Waals surface area contributed by atoms with E-state index >= 15 is 0 Å². The summed E-state index contributed by atoms with van der Waals surface area (Å²) in [6.07, 6.45) is 2.96. The molecule has 1 spiro atoms. The fraction of sp³-hybridized carbons (Fsp3) is 0.550. The number of nitrogens with zero attached hydrogens (tertiary/aromatic N) is 1. The molecule has 3 rings (SSSR count). The van der Waals surface area contributed by atoms with Crippen molar-refractivity contribution in [1.29, 1.82) is 0 Å². The first-order valence-electron chi connectivity index (χ1n) is 9.84. The number of amides is 4. The quantitative estimate of drug-likeness (QED) is 0.593. The van der Waals surface area contributed by atoms with Gasteiger partial charge in [0.1, 0.15) is 17.8 Å². The number of nitrogens with one attached hydrogen (secondary N) is 3. The Morgan fingerprint density at radius 1 is 1.38 bits per heavy atom. The van der Waals surface area contributed by atoms with E-state index in [1.807, 2.05) is 7.05 Å². The van der Waals surface area contributed by atoms with Gasteiger partial charge in [-0.05, 0) is 49.8 Å². The molecule has 1 aromatic carbocycles. The number of likely N-dealkylation sites (N-methyl/N-ethyl adjacent to an activating group) is 1. The molecular formula is C20H28ClN4O4+. The monoisotopic (exact) mass is 423 g/mol. The Labute approximate surface area is 175 Å². The lowest BCUT2D eigenvalue weighted by atomic mass is 9.77. The van der Waals surface area contributed by atoms with Gasteiger partial charge >= 0.3 is 6.03 Å². The number of hydrogen-bond donors (Lipinski definition) is 3. The fourth-order valence-electron chi connectivity index (χ4n) is 4.03. The van der Waals surface area contributed by atoms with Crippen molar-refractivity contribution >= 4 is 29.4 Å². The summed E-state index contributed by atoms with van der Waals surface area (Å²) in [5.41, 5.74) is 2.47. The van der Waals surface area contributed by atoms with Gasteiger partial charge in [-0.1, -0.05) is 18.5 Å². The standard InChI is InChI=1S/C20H27ClN4O4/c1-13-6-8-20(9-7-13)18(27)25(19(28)22-20)23-17(26)12-24(2)11-14-10-15(21)4-5-16(14)29-3/h4-5,10,13H,6-9,11-12H2,1-3H3,(H,22,28)(H,23,26)/p+1. The zero-order chi connectivity index (χ0) is 21.2. The zero-order valence-corrected chi connectivity index (χ0v) is 17.8. The molecule has 1 aliphatic heterocycles. The van der Waals surface area contributed by atoms with Crippen LogP contribution < -0.4 is 20.4 Å². The van der Waals surface area contributed by atoms with E-state index in [2.05, 4.69) is 17.7 Å². The fourth-order valence-corrected chi connectivity index (χ4v) is 4.22. The maximum Gasteiger partial charge on any atom is 0.344 e. The van der Waals surface area contributed by atoms with Crippen molar-refractivity contribution in [2.45, 2.75) is 44.7 Å². The number of imide groups is 1. The topological polar surface area (TPSA) is 92.2 Å². The van der Waals surface area contributed by atoms with E-state index in [0.29, 0.717) is 36.1 Å². The molecule has 4 amide bonds. The van der Waals surface area contributed by atoms with E-state index in [-0.39, 0.29) is 12.5 Å². The summed E-state index contributed by atoms with van der Waals surface area (Å²) in [5, 5.41) is 4.22. The highest BCUT2D eigenvalue weighted by Crippen LogP contribution is 2.35. The van der Waals surface area contributed by atoms with Crippen molar-refractivity contribution < 1.29 is 24.0 Å². The maximum atomic E-state index is 12.8. The Morgan fingerprint density at radius 3 is 2.72 bits per heavy atom. The van der Waals surface area contributed by atoms with Crippen LogP contribution in [0.4, 0.5) is 4.79 Å². The molecule has 8 nitrogen and oxygen atoms in total. The smallest absolute Gasteiger partial charge is 0.344 e. The summed E-state index contributed by atoms with van der Waals surface area (Å²) in [4.78, 5) is 38.5. The van der Waals surface area contributed by atoms with Crippen LogP contribution >= 0.6 is 11.6 Å². The number of hydrogen-bond acceptors (Lipinski definition) is 4. The second-order valence-corrected chi connectivity index (χ2v) is 8.57. The Bertz CT molecular complexity index is 808. The van der Waals surface area contributed by atoms with Crippen molar-refractivity contribution in [3.05, 3.63) is 28.8 Å². The van der Waals surface area contributed by atoms with Gasteiger partial charge < -0.3 is 15.0 Å². The highest BCUT2D eigenvalue weighted by atomic mass is 35.5. The lowest BCUT2D eigenvalue weighted by molar-refractivity contribution is -0.885. The summed E-state index contributed by atoms with van der Waals surface area (Å²) in [6.45, 7) is 2.72. The van der Waals surface area contributed by atoms with Crippen molar-refractivity contribution in [2.24, 2.45) is 5.92 Å². The minimum Gasteiger partial charge on any atom is -0.496 e. The van der Waals surface area contributed by atoms with Gasteiger partial charge in [0.25, 0.3) is 11.8 Å². The summed E-state index contributed by atoms with van der Waals surface area (Å²) in [5.74, 6) is 0.455. The molecule has 158 valence electrons. The molecule has 1 aliphatic carbocycles. The van der Waals surface area contributed by atoms with Gasteiger partial charge in [0.2, 0.25) is 0 Å². The normalized spacial score (nSPS) is 25.1. The predicted octanol–water partition coefficient (Wildman–Crippen LogP) is 0.895. The van der Waals surface area contributed by atoms with Crippen LogP contribution in [-0.4, -0.2) is 49.1 Å². The average molecular weight is 424 g/mol. The van der Waals surface area contributed by atoms with Gasteiger partial charge in [0, 0.05) is 10.6 Å². The molecule has 9 heteroatoms. The Morgan fingerprint density at radius 2 is 2.07 bits per heavy atom. The third kappa shape index (κ3) is 4.64. The third-order valence-electron chi connectivity index (χ3n) is 5.72. The molecule has 3 N–H and O–H groups in total. The van der Waals surface area contributed by atoms with Gasteiger partial charge in [0.15, 0.2) is 6.54 Å². The number of halogens is 1. The van der Waals surface area contributed by atoms with Crippen LogP contribution in [0.5, 0.6) is 5.75 Å². The molecule has 0 bridgehead atoms. The molecule has 1 unspecified atom stereocenters. The number of methoxy groups -OCH3 is 1. The minimum absolute atomic E-state index is 0.0801. The highest BCUT2D eigenvalue weighted by Gasteiger charge is 2.53. The molecular weight excluding hydrogens is 396 g/mol. The van der Waals surface area contributed by atoms with Crippen LogP contribution in [0, 0.1) is 5.92 Å². The van der Waals surface area contributed by atoms with Crippen LogP contribution in [0.2, 0.25) is 5.02 Å². The Kier molecular flexibility index (Phi) is 6.33. The minimum atomic E-state index is -0.871. The van der Waals surface area contributed by atoms with Crippen LogP contribution in [0.1, 0.15) is 38.2 Å². The average Bonchev–Trinajstić information content (AvgIpc) is 2.88. The van der Waals surface area contributed by atoms with Gasteiger partial charge in [-0.2, -0.15) is 5.01 Å². The number of benzene rings is 1. The summed E-state index contributed by atoms with van der Waals surface area (Å²) < 4.78 is 5.33. The van der Waals surface area contributed by atoms with Gasteiger partial charge in [-0.15, -0.1) is 0 Å². The molecule has 1 heterocycles. The van der Waals surface area contributed by atoms with Crippen LogP contribution in [0.25, 0.3) is 0 Å². The van der Waals surface area contributed by atoms with E-state index in [0.717, 1.165) is 28.3 Å². The first kappa shape index (κ1) is 21.4. The molecule has 0 aromatic heterocycles. The number of rotatable bonds is 6. The van der Waals surface area contributed by atoms with Crippen molar-refractivity contribution in [3.8, 4) is 5.75 Å².